The molecule has 0 fully saturated rings. The number of ether oxygens (including phenoxy) is 1. The Morgan fingerprint density at radius 1 is 0.765 bits per heavy atom. The summed E-state index contributed by atoms with van der Waals surface area (Å²) in [5.74, 6) is 1.87. The predicted octanol–water partition coefficient (Wildman–Crippen LogP) is 9.20. The van der Waals surface area contributed by atoms with Crippen LogP contribution in [-0.4, -0.2) is 4.98 Å². The van der Waals surface area contributed by atoms with Gasteiger partial charge in [-0.05, 0) is 67.9 Å². The number of rotatable bonds is 1. The summed E-state index contributed by atoms with van der Waals surface area (Å²) in [5.41, 5.74) is 4.85. The topological polar surface area (TPSA) is 22.1 Å². The van der Waals surface area contributed by atoms with E-state index < -0.39 is 0 Å². The molecule has 0 atom stereocenters. The van der Waals surface area contributed by atoms with Crippen LogP contribution in [0.15, 0.2) is 66.9 Å². The summed E-state index contributed by atoms with van der Waals surface area (Å²) in [6, 6.07) is 22.0. The van der Waals surface area contributed by atoms with Crippen LogP contribution in [0.1, 0.15) is 52.7 Å². The van der Waals surface area contributed by atoms with E-state index >= 15 is 0 Å². The Morgan fingerprint density at radius 3 is 2.29 bits per heavy atom. The molecule has 0 unspecified atom stereocenters. The molecule has 0 bridgehead atoms. The number of benzene rings is 4. The van der Waals surface area contributed by atoms with Crippen molar-refractivity contribution in [2.24, 2.45) is 5.41 Å². The van der Waals surface area contributed by atoms with Crippen molar-refractivity contribution in [3.63, 3.8) is 0 Å². The normalized spacial score (nSPS) is 13.4. The summed E-state index contributed by atoms with van der Waals surface area (Å²) < 4.78 is 6.87. The lowest BCUT2D eigenvalue weighted by Crippen LogP contribution is -2.15. The van der Waals surface area contributed by atoms with Gasteiger partial charge in [0.15, 0.2) is 0 Å². The van der Waals surface area contributed by atoms with Crippen molar-refractivity contribution in [1.82, 2.24) is 4.98 Å². The average molecular weight is 446 g/mol. The first kappa shape index (κ1) is 21.2. The monoisotopic (exact) mass is 445 g/mol. The first-order chi connectivity index (χ1) is 16.1. The molecule has 2 heteroatoms. The highest BCUT2D eigenvalue weighted by Gasteiger charge is 2.31. The molecule has 1 aliphatic rings. The molecule has 0 saturated carbocycles. The SMILES string of the molecule is CC(C)(C)Cc1cccc2c1cc1c3c(nccc32)-c2cc3ccccc3c(C(C)(C)C)c2O1. The first-order valence-corrected chi connectivity index (χ1v) is 12.2. The van der Waals surface area contributed by atoms with Crippen LogP contribution in [0.5, 0.6) is 11.5 Å². The predicted molar refractivity (Wildman–Crippen MR) is 144 cm³/mol. The molecule has 0 aliphatic carbocycles. The lowest BCUT2D eigenvalue weighted by atomic mass is 9.80. The van der Waals surface area contributed by atoms with Gasteiger partial charge in [0.05, 0.1) is 11.1 Å². The van der Waals surface area contributed by atoms with Crippen molar-refractivity contribution >= 4 is 32.3 Å². The fourth-order valence-corrected chi connectivity index (χ4v) is 5.63. The van der Waals surface area contributed by atoms with Crippen LogP contribution in [0.2, 0.25) is 0 Å². The zero-order valence-corrected chi connectivity index (χ0v) is 20.9. The molecule has 0 spiro atoms. The van der Waals surface area contributed by atoms with Crippen LogP contribution in [0.4, 0.5) is 0 Å². The highest BCUT2D eigenvalue weighted by atomic mass is 16.5. The summed E-state index contributed by atoms with van der Waals surface area (Å²) in [7, 11) is 0. The molecule has 0 N–H and O–H groups in total. The fraction of sp³-hybridized carbons (Fsp3) is 0.281. The third-order valence-electron chi connectivity index (χ3n) is 6.90. The summed E-state index contributed by atoms with van der Waals surface area (Å²) in [6.07, 6.45) is 2.97. The smallest absolute Gasteiger partial charge is 0.141 e. The second-order valence-corrected chi connectivity index (χ2v) is 11.9. The molecule has 2 nitrogen and oxygen atoms in total. The number of nitrogens with zero attached hydrogens (tertiary/aromatic N) is 1. The van der Waals surface area contributed by atoms with E-state index in [1.54, 1.807) is 0 Å². The standard InChI is InChI=1S/C32H31NO/c1-31(2,3)18-20-11-9-13-22-23-14-15-33-29-25-16-19-10-7-8-12-21(19)28(32(4,5)6)30(25)34-26(27(23)29)17-24(20)22/h7-17H,18H2,1-6H3. The number of hydrogen-bond donors (Lipinski definition) is 0. The minimum Gasteiger partial charge on any atom is -0.456 e. The molecule has 170 valence electrons. The van der Waals surface area contributed by atoms with Gasteiger partial charge in [-0.1, -0.05) is 84.0 Å². The van der Waals surface area contributed by atoms with Gasteiger partial charge < -0.3 is 4.74 Å². The molecule has 0 saturated heterocycles. The third kappa shape index (κ3) is 3.20. The zero-order valence-electron chi connectivity index (χ0n) is 20.9. The van der Waals surface area contributed by atoms with Crippen LogP contribution < -0.4 is 4.74 Å². The van der Waals surface area contributed by atoms with Crippen molar-refractivity contribution in [2.75, 3.05) is 0 Å². The van der Waals surface area contributed by atoms with Crippen LogP contribution in [-0.2, 0) is 11.8 Å². The average Bonchev–Trinajstić information content (AvgIpc) is 2.77. The van der Waals surface area contributed by atoms with Gasteiger partial charge in [0.2, 0.25) is 0 Å². The molecule has 6 rings (SSSR count). The molecule has 5 aromatic rings. The van der Waals surface area contributed by atoms with E-state index in [2.05, 4.69) is 102 Å². The second-order valence-electron chi connectivity index (χ2n) is 11.9. The Kier molecular flexibility index (Phi) is 4.39. The van der Waals surface area contributed by atoms with Crippen LogP contribution >= 0.6 is 0 Å². The molecule has 0 radical (unpaired) electrons. The quantitative estimate of drug-likeness (QED) is 0.235. The van der Waals surface area contributed by atoms with Gasteiger partial charge in [-0.2, -0.15) is 0 Å². The minimum atomic E-state index is -0.0788. The number of pyridine rings is 1. The maximum Gasteiger partial charge on any atom is 0.141 e. The van der Waals surface area contributed by atoms with Gasteiger partial charge in [0.25, 0.3) is 0 Å². The van der Waals surface area contributed by atoms with E-state index in [1.807, 2.05) is 6.20 Å². The van der Waals surface area contributed by atoms with E-state index in [-0.39, 0.29) is 10.8 Å². The van der Waals surface area contributed by atoms with Crippen molar-refractivity contribution in [3.05, 3.63) is 78.0 Å². The van der Waals surface area contributed by atoms with Gasteiger partial charge in [-0.15, -0.1) is 0 Å². The number of aromatic nitrogens is 1. The molecular formula is C32H31NO. The maximum atomic E-state index is 6.87. The summed E-state index contributed by atoms with van der Waals surface area (Å²) in [4.78, 5) is 4.92. The Labute approximate surface area is 201 Å². The van der Waals surface area contributed by atoms with Crippen LogP contribution in [0.25, 0.3) is 43.6 Å². The first-order valence-electron chi connectivity index (χ1n) is 12.2. The molecule has 4 aromatic carbocycles. The van der Waals surface area contributed by atoms with Gasteiger partial charge in [0.1, 0.15) is 11.5 Å². The van der Waals surface area contributed by atoms with Gasteiger partial charge in [-0.25, -0.2) is 0 Å². The third-order valence-corrected chi connectivity index (χ3v) is 6.90. The van der Waals surface area contributed by atoms with Crippen LogP contribution in [0, 0.1) is 5.41 Å². The summed E-state index contributed by atoms with van der Waals surface area (Å²) in [5, 5.41) is 7.35. The lowest BCUT2D eigenvalue weighted by Gasteiger charge is -2.30. The van der Waals surface area contributed by atoms with E-state index in [1.165, 1.54) is 38.1 Å². The van der Waals surface area contributed by atoms with Crippen molar-refractivity contribution < 1.29 is 4.74 Å². The van der Waals surface area contributed by atoms with Gasteiger partial charge in [-0.3, -0.25) is 4.98 Å². The molecule has 0 amide bonds. The lowest BCUT2D eigenvalue weighted by molar-refractivity contribution is 0.412. The Bertz CT molecular complexity index is 1610. The molecule has 1 aliphatic heterocycles. The minimum absolute atomic E-state index is 0.0788. The van der Waals surface area contributed by atoms with Crippen molar-refractivity contribution in [1.29, 1.82) is 0 Å². The summed E-state index contributed by atoms with van der Waals surface area (Å²) in [6.45, 7) is 13.7. The van der Waals surface area contributed by atoms with Gasteiger partial charge in [0, 0.05) is 17.3 Å². The zero-order chi connectivity index (χ0) is 23.8. The Balaban J connectivity index is 1.73. The second kappa shape index (κ2) is 7.06. The van der Waals surface area contributed by atoms with E-state index in [9.17, 15) is 0 Å². The Hall–Kier alpha value is -3.39. The van der Waals surface area contributed by atoms with E-state index in [4.69, 9.17) is 9.72 Å². The highest BCUT2D eigenvalue weighted by Crippen LogP contribution is 2.53. The van der Waals surface area contributed by atoms with E-state index in [0.717, 1.165) is 34.6 Å². The molecule has 2 heterocycles. The molecule has 1 aromatic heterocycles. The van der Waals surface area contributed by atoms with Gasteiger partial charge >= 0.3 is 0 Å². The number of hydrogen-bond acceptors (Lipinski definition) is 2. The molecule has 34 heavy (non-hydrogen) atoms. The van der Waals surface area contributed by atoms with Crippen molar-refractivity contribution in [3.8, 4) is 22.8 Å². The fourth-order valence-electron chi connectivity index (χ4n) is 5.63. The van der Waals surface area contributed by atoms with Crippen molar-refractivity contribution in [2.45, 2.75) is 53.4 Å². The molecular weight excluding hydrogens is 414 g/mol. The van der Waals surface area contributed by atoms with Crippen LogP contribution in [0.3, 0.4) is 0 Å². The summed E-state index contributed by atoms with van der Waals surface area (Å²) >= 11 is 0. The number of fused-ring (bicyclic) bond motifs is 5. The largest absolute Gasteiger partial charge is 0.456 e. The van der Waals surface area contributed by atoms with E-state index in [0.29, 0.717) is 0 Å². The maximum absolute atomic E-state index is 6.87. The Morgan fingerprint density at radius 2 is 1.53 bits per heavy atom. The highest BCUT2D eigenvalue weighted by molar-refractivity contribution is 6.17.